The molecule has 1 aromatic rings. The van der Waals surface area contributed by atoms with Crippen LogP contribution < -0.4 is 10.1 Å². The van der Waals surface area contributed by atoms with Crippen LogP contribution in [-0.4, -0.2) is 13.2 Å². The number of nitrogens with one attached hydrogen (secondary N) is 1. The largest absolute Gasteiger partial charge is 0.491 e. The summed E-state index contributed by atoms with van der Waals surface area (Å²) in [5.74, 6) is -0.0162. The molecule has 0 atom stereocenters. The third kappa shape index (κ3) is 6.59. The lowest BCUT2D eigenvalue weighted by molar-refractivity contribution is 0.282. The van der Waals surface area contributed by atoms with Gasteiger partial charge in [-0.2, -0.15) is 5.26 Å². The minimum absolute atomic E-state index is 0.292. The van der Waals surface area contributed by atoms with Gasteiger partial charge < -0.3 is 10.1 Å². The number of hydrogen-bond acceptors (Lipinski definition) is 3. The molecule has 21 heavy (non-hydrogen) atoms. The number of nitriles is 1. The van der Waals surface area contributed by atoms with Crippen LogP contribution in [0.1, 0.15) is 45.6 Å². The fourth-order valence-corrected chi connectivity index (χ4v) is 1.95. The van der Waals surface area contributed by atoms with Crippen LogP contribution in [0.2, 0.25) is 0 Å². The van der Waals surface area contributed by atoms with E-state index in [0.29, 0.717) is 18.9 Å². The van der Waals surface area contributed by atoms with Gasteiger partial charge in [0.2, 0.25) is 0 Å². The van der Waals surface area contributed by atoms with Gasteiger partial charge in [0.15, 0.2) is 11.6 Å². The summed E-state index contributed by atoms with van der Waals surface area (Å²) in [7, 11) is 0. The standard InChI is InChI=1S/C17H25FN2O/c1-4-20-12-14-7-8-16(15(18)11-14)21-10-6-5-9-17(2,3)13-19/h7-8,11,20H,4-6,9-10,12H2,1-3H3. The van der Waals surface area contributed by atoms with E-state index in [-0.39, 0.29) is 11.2 Å². The van der Waals surface area contributed by atoms with Crippen LogP contribution in [0.15, 0.2) is 18.2 Å². The Morgan fingerprint density at radius 2 is 2.10 bits per heavy atom. The molecule has 3 nitrogen and oxygen atoms in total. The predicted octanol–water partition coefficient (Wildman–Crippen LogP) is 4.03. The zero-order valence-electron chi connectivity index (χ0n) is 13.2. The van der Waals surface area contributed by atoms with Crippen LogP contribution in [0.4, 0.5) is 4.39 Å². The topological polar surface area (TPSA) is 45.0 Å². The molecule has 0 aliphatic carbocycles. The van der Waals surface area contributed by atoms with Crippen LogP contribution in [0.25, 0.3) is 0 Å². The molecule has 0 fully saturated rings. The van der Waals surface area contributed by atoms with Crippen LogP contribution in [0.3, 0.4) is 0 Å². The fourth-order valence-electron chi connectivity index (χ4n) is 1.95. The molecule has 0 aromatic heterocycles. The number of benzene rings is 1. The highest BCUT2D eigenvalue weighted by Crippen LogP contribution is 2.22. The third-order valence-electron chi connectivity index (χ3n) is 3.33. The predicted molar refractivity (Wildman–Crippen MR) is 82.5 cm³/mol. The van der Waals surface area contributed by atoms with Crippen molar-refractivity contribution in [2.75, 3.05) is 13.2 Å². The molecule has 0 saturated heterocycles. The van der Waals surface area contributed by atoms with E-state index in [0.717, 1.165) is 31.4 Å². The van der Waals surface area contributed by atoms with Gasteiger partial charge in [-0.3, -0.25) is 0 Å². The summed E-state index contributed by atoms with van der Waals surface area (Å²) in [6, 6.07) is 7.34. The second kappa shape index (κ2) is 8.63. The summed E-state index contributed by atoms with van der Waals surface area (Å²) in [5.41, 5.74) is 0.622. The number of unbranched alkanes of at least 4 members (excludes halogenated alkanes) is 1. The molecule has 0 heterocycles. The van der Waals surface area contributed by atoms with Gasteiger partial charge in [-0.05, 0) is 57.4 Å². The summed E-state index contributed by atoms with van der Waals surface area (Å²) in [6.07, 6.45) is 2.56. The number of hydrogen-bond donors (Lipinski definition) is 1. The lowest BCUT2D eigenvalue weighted by Crippen LogP contribution is -2.12. The molecular formula is C17H25FN2O. The lowest BCUT2D eigenvalue weighted by Gasteiger charge is -2.14. The minimum Gasteiger partial charge on any atom is -0.491 e. The third-order valence-corrected chi connectivity index (χ3v) is 3.33. The first-order chi connectivity index (χ1) is 9.98. The zero-order valence-corrected chi connectivity index (χ0v) is 13.2. The van der Waals surface area contributed by atoms with E-state index in [1.807, 2.05) is 26.8 Å². The van der Waals surface area contributed by atoms with Gasteiger partial charge >= 0.3 is 0 Å². The maximum Gasteiger partial charge on any atom is 0.165 e. The molecule has 0 radical (unpaired) electrons. The van der Waals surface area contributed by atoms with Crippen molar-refractivity contribution in [1.29, 1.82) is 5.26 Å². The molecule has 116 valence electrons. The number of rotatable bonds is 9. The van der Waals surface area contributed by atoms with Gasteiger partial charge in [0, 0.05) is 6.54 Å². The van der Waals surface area contributed by atoms with Crippen molar-refractivity contribution in [2.24, 2.45) is 5.41 Å². The molecule has 1 rings (SSSR count). The number of ether oxygens (including phenoxy) is 1. The summed E-state index contributed by atoms with van der Waals surface area (Å²) in [6.45, 7) is 7.87. The monoisotopic (exact) mass is 292 g/mol. The van der Waals surface area contributed by atoms with E-state index in [1.54, 1.807) is 6.07 Å². The maximum atomic E-state index is 13.8. The Morgan fingerprint density at radius 1 is 1.33 bits per heavy atom. The lowest BCUT2D eigenvalue weighted by atomic mass is 9.89. The van der Waals surface area contributed by atoms with Gasteiger partial charge in [-0.15, -0.1) is 0 Å². The van der Waals surface area contributed by atoms with E-state index < -0.39 is 0 Å². The van der Waals surface area contributed by atoms with Gasteiger partial charge in [0.25, 0.3) is 0 Å². The molecule has 0 saturated carbocycles. The molecule has 4 heteroatoms. The molecule has 0 aliphatic heterocycles. The first-order valence-corrected chi connectivity index (χ1v) is 7.51. The quantitative estimate of drug-likeness (QED) is 0.699. The number of nitrogens with zero attached hydrogens (tertiary/aromatic N) is 1. The molecule has 0 bridgehead atoms. The van der Waals surface area contributed by atoms with Crippen LogP contribution >= 0.6 is 0 Å². The molecule has 0 amide bonds. The van der Waals surface area contributed by atoms with E-state index in [9.17, 15) is 4.39 Å². The van der Waals surface area contributed by atoms with Crippen molar-refractivity contribution in [1.82, 2.24) is 5.32 Å². The van der Waals surface area contributed by atoms with Crippen molar-refractivity contribution in [3.05, 3.63) is 29.6 Å². The van der Waals surface area contributed by atoms with Crippen LogP contribution in [0.5, 0.6) is 5.75 Å². The van der Waals surface area contributed by atoms with E-state index in [4.69, 9.17) is 10.00 Å². The molecule has 0 aliphatic rings. The zero-order chi connectivity index (χ0) is 15.7. The molecule has 0 unspecified atom stereocenters. The van der Waals surface area contributed by atoms with Crippen molar-refractivity contribution in [2.45, 2.75) is 46.6 Å². The Hall–Kier alpha value is -1.60. The second-order valence-electron chi connectivity index (χ2n) is 5.85. The summed E-state index contributed by atoms with van der Waals surface area (Å²) >= 11 is 0. The van der Waals surface area contributed by atoms with Gasteiger partial charge in [-0.25, -0.2) is 4.39 Å². The first kappa shape index (κ1) is 17.5. The highest BCUT2D eigenvalue weighted by Gasteiger charge is 2.15. The van der Waals surface area contributed by atoms with Crippen molar-refractivity contribution < 1.29 is 9.13 Å². The Kier molecular flexibility index (Phi) is 7.18. The van der Waals surface area contributed by atoms with Crippen LogP contribution in [0, 0.1) is 22.6 Å². The van der Waals surface area contributed by atoms with Crippen molar-refractivity contribution in [3.63, 3.8) is 0 Å². The smallest absolute Gasteiger partial charge is 0.165 e. The normalized spacial score (nSPS) is 11.2. The molecule has 0 spiro atoms. The van der Waals surface area contributed by atoms with E-state index in [2.05, 4.69) is 11.4 Å². The first-order valence-electron chi connectivity index (χ1n) is 7.51. The molecular weight excluding hydrogens is 267 g/mol. The van der Waals surface area contributed by atoms with Crippen LogP contribution in [-0.2, 0) is 6.54 Å². The van der Waals surface area contributed by atoms with Gasteiger partial charge in [0.05, 0.1) is 18.1 Å². The average Bonchev–Trinajstić information content (AvgIpc) is 2.46. The number of halogens is 1. The highest BCUT2D eigenvalue weighted by atomic mass is 19.1. The Bertz CT molecular complexity index is 480. The summed E-state index contributed by atoms with van der Waals surface area (Å²) in [5, 5.41) is 12.1. The summed E-state index contributed by atoms with van der Waals surface area (Å²) in [4.78, 5) is 0. The van der Waals surface area contributed by atoms with E-state index >= 15 is 0 Å². The average molecular weight is 292 g/mol. The Morgan fingerprint density at radius 3 is 2.71 bits per heavy atom. The SMILES string of the molecule is CCNCc1ccc(OCCCCC(C)(C)C#N)c(F)c1. The molecule has 1 aromatic carbocycles. The van der Waals surface area contributed by atoms with Gasteiger partial charge in [-0.1, -0.05) is 13.0 Å². The highest BCUT2D eigenvalue weighted by molar-refractivity contribution is 5.29. The Labute approximate surface area is 127 Å². The van der Waals surface area contributed by atoms with Crippen molar-refractivity contribution in [3.8, 4) is 11.8 Å². The molecule has 1 N–H and O–H groups in total. The minimum atomic E-state index is -0.317. The second-order valence-corrected chi connectivity index (χ2v) is 5.85. The summed E-state index contributed by atoms with van der Waals surface area (Å²) < 4.78 is 19.3. The van der Waals surface area contributed by atoms with E-state index in [1.165, 1.54) is 6.07 Å². The Balaban J connectivity index is 2.34. The fraction of sp³-hybridized carbons (Fsp3) is 0.588. The van der Waals surface area contributed by atoms with Crippen molar-refractivity contribution >= 4 is 0 Å². The maximum absolute atomic E-state index is 13.8. The van der Waals surface area contributed by atoms with Gasteiger partial charge in [0.1, 0.15) is 0 Å².